The molecule has 0 saturated heterocycles. The van der Waals surface area contributed by atoms with Crippen molar-refractivity contribution in [2.24, 2.45) is 0 Å². The van der Waals surface area contributed by atoms with E-state index in [4.69, 9.17) is 6.57 Å². The Bertz CT molecular complexity index is 533. The molecule has 0 aliphatic rings. The molecular weight excluding hydrogens is 242 g/mol. The summed E-state index contributed by atoms with van der Waals surface area (Å²) in [4.78, 5) is 3.57. The summed E-state index contributed by atoms with van der Waals surface area (Å²) in [6.07, 6.45) is 1.25. The fourth-order valence-corrected chi connectivity index (χ4v) is 1.85. The Morgan fingerprint density at radius 1 is 0.850 bits per heavy atom. The van der Waals surface area contributed by atoms with E-state index in [0.717, 1.165) is 22.4 Å². The van der Waals surface area contributed by atoms with Crippen LogP contribution in [-0.4, -0.2) is 0 Å². The normalized spacial score (nSPS) is 8.90. The molecule has 0 saturated carbocycles. The molecule has 0 radical (unpaired) electrons. The molecule has 1 nitrogen and oxygen atoms in total. The first-order chi connectivity index (χ1) is 9.74. The number of hydrogen-bond acceptors (Lipinski definition) is 0. The van der Waals surface area contributed by atoms with Crippen LogP contribution in [0.2, 0.25) is 0 Å². The van der Waals surface area contributed by atoms with Gasteiger partial charge in [0.05, 0.1) is 6.57 Å². The van der Waals surface area contributed by atoms with Crippen molar-refractivity contribution < 1.29 is 0 Å². The van der Waals surface area contributed by atoms with Gasteiger partial charge in [-0.3, -0.25) is 0 Å². The number of nitrogens with zero attached hydrogens (tertiary/aromatic N) is 1. The van der Waals surface area contributed by atoms with Crippen LogP contribution in [0.3, 0.4) is 0 Å². The maximum Gasteiger partial charge on any atom is 0.170 e. The van der Waals surface area contributed by atoms with Crippen LogP contribution in [0.25, 0.3) is 10.4 Å². The van der Waals surface area contributed by atoms with Crippen molar-refractivity contribution in [2.45, 2.75) is 27.2 Å². The third-order valence-electron chi connectivity index (χ3n) is 2.65. The molecule has 0 aromatic heterocycles. The first kappa shape index (κ1) is 15.7. The zero-order valence-corrected chi connectivity index (χ0v) is 12.4. The maximum atomic E-state index is 7.20. The molecule has 0 N–H and O–H groups in total. The number of hydrogen-bond donors (Lipinski definition) is 0. The zero-order valence-electron chi connectivity index (χ0n) is 12.4. The van der Waals surface area contributed by atoms with Gasteiger partial charge in [0.1, 0.15) is 0 Å². The predicted molar refractivity (Wildman–Crippen MR) is 87.1 cm³/mol. The highest BCUT2D eigenvalue weighted by atomic mass is 14.6. The van der Waals surface area contributed by atoms with E-state index in [1.165, 1.54) is 6.42 Å². The van der Waals surface area contributed by atoms with E-state index in [0.29, 0.717) is 0 Å². The second kappa shape index (κ2) is 8.72. The first-order valence-corrected chi connectivity index (χ1v) is 6.93. The van der Waals surface area contributed by atoms with Gasteiger partial charge < -0.3 is 0 Å². The van der Waals surface area contributed by atoms with Gasteiger partial charge in [0, 0.05) is 0 Å². The molecule has 2 rings (SSSR count). The zero-order chi connectivity index (χ0) is 14.8. The Kier molecular flexibility index (Phi) is 6.85. The van der Waals surface area contributed by atoms with Crippen LogP contribution in [0.5, 0.6) is 0 Å². The van der Waals surface area contributed by atoms with E-state index >= 15 is 0 Å². The summed E-state index contributed by atoms with van der Waals surface area (Å²) in [5.41, 5.74) is 3.92. The minimum Gasteiger partial charge on any atom is -0.242 e. The predicted octanol–water partition coefficient (Wildman–Crippen LogP) is 5.80. The number of allylic oxidation sites excluding steroid dienone is 1. The summed E-state index contributed by atoms with van der Waals surface area (Å²) in [5, 5.41) is 0. The molecule has 102 valence electrons. The lowest BCUT2D eigenvalue weighted by Crippen LogP contribution is -1.89. The third-order valence-corrected chi connectivity index (χ3v) is 2.65. The Labute approximate surface area is 122 Å². The van der Waals surface area contributed by atoms with Crippen LogP contribution < -0.4 is 0 Å². The van der Waals surface area contributed by atoms with E-state index in [-0.39, 0.29) is 0 Å². The van der Waals surface area contributed by atoms with Gasteiger partial charge in [-0.15, -0.1) is 0 Å². The summed E-state index contributed by atoms with van der Waals surface area (Å²) >= 11 is 0. The second-order valence-electron chi connectivity index (χ2n) is 4.51. The quantitative estimate of drug-likeness (QED) is 0.603. The van der Waals surface area contributed by atoms with Gasteiger partial charge in [-0.1, -0.05) is 80.9 Å². The van der Waals surface area contributed by atoms with Crippen LogP contribution in [-0.2, 0) is 0 Å². The smallest absolute Gasteiger partial charge is 0.170 e. The number of rotatable bonds is 2. The van der Waals surface area contributed by atoms with Crippen molar-refractivity contribution in [1.29, 1.82) is 0 Å². The highest BCUT2D eigenvalue weighted by Gasteiger charge is 2.07. The van der Waals surface area contributed by atoms with Gasteiger partial charge in [0.25, 0.3) is 0 Å². The Hall–Kier alpha value is -2.33. The molecule has 0 heterocycles. The molecule has 0 unspecified atom stereocenters. The van der Waals surface area contributed by atoms with Crippen LogP contribution in [0, 0.1) is 6.57 Å². The van der Waals surface area contributed by atoms with Crippen LogP contribution >= 0.6 is 0 Å². The highest BCUT2D eigenvalue weighted by Crippen LogP contribution is 2.27. The van der Waals surface area contributed by atoms with Crippen molar-refractivity contribution in [3.05, 3.63) is 88.9 Å². The summed E-state index contributed by atoms with van der Waals surface area (Å²) in [7, 11) is 0. The molecule has 2 aromatic carbocycles. The van der Waals surface area contributed by atoms with Gasteiger partial charge in [-0.05, 0) is 23.6 Å². The standard InChI is InChI=1S/C16H13N.C3H8/c1-13(17-2)16(14-9-5-3-6-10-14)15-11-7-4-8-12-15;1-3-2/h3-12H,1H3;3H2,1-2H3. The summed E-state index contributed by atoms with van der Waals surface area (Å²) < 4.78 is 0. The Morgan fingerprint density at radius 3 is 1.50 bits per heavy atom. The summed E-state index contributed by atoms with van der Waals surface area (Å²) in [6, 6.07) is 20.1. The number of benzene rings is 2. The molecule has 2 aromatic rings. The van der Waals surface area contributed by atoms with E-state index in [1.54, 1.807) is 0 Å². The molecule has 0 fully saturated rings. The average molecular weight is 263 g/mol. The Morgan fingerprint density at radius 2 is 1.20 bits per heavy atom. The lowest BCUT2D eigenvalue weighted by molar-refractivity contribution is 1.09. The molecule has 0 amide bonds. The van der Waals surface area contributed by atoms with E-state index in [9.17, 15) is 0 Å². The first-order valence-electron chi connectivity index (χ1n) is 6.93. The second-order valence-corrected chi connectivity index (χ2v) is 4.51. The van der Waals surface area contributed by atoms with Crippen LogP contribution in [0.1, 0.15) is 38.3 Å². The molecule has 0 atom stereocenters. The third kappa shape index (κ3) is 4.40. The van der Waals surface area contributed by atoms with E-state index in [2.05, 4.69) is 18.7 Å². The van der Waals surface area contributed by atoms with E-state index < -0.39 is 0 Å². The SMILES string of the molecule is CCC.[C-]#[N+]C(C)=C(c1ccccc1)c1ccccc1. The van der Waals surface area contributed by atoms with Gasteiger partial charge in [-0.2, -0.15) is 0 Å². The summed E-state index contributed by atoms with van der Waals surface area (Å²) in [6.45, 7) is 13.3. The highest BCUT2D eigenvalue weighted by molar-refractivity contribution is 5.82. The largest absolute Gasteiger partial charge is 0.242 e. The molecule has 0 aliphatic carbocycles. The molecule has 0 bridgehead atoms. The average Bonchev–Trinajstić information content (AvgIpc) is 2.50. The summed E-state index contributed by atoms with van der Waals surface area (Å²) in [5.74, 6) is 0. The molecule has 20 heavy (non-hydrogen) atoms. The topological polar surface area (TPSA) is 4.36 Å². The minimum atomic E-state index is 0.724. The molecule has 1 heteroatoms. The molecule has 0 spiro atoms. The van der Waals surface area contributed by atoms with Crippen molar-refractivity contribution in [1.82, 2.24) is 0 Å². The van der Waals surface area contributed by atoms with Crippen molar-refractivity contribution in [3.63, 3.8) is 0 Å². The fourth-order valence-electron chi connectivity index (χ4n) is 1.85. The molecular formula is C19H21N. The van der Waals surface area contributed by atoms with Gasteiger partial charge in [0.2, 0.25) is 0 Å². The van der Waals surface area contributed by atoms with Crippen molar-refractivity contribution >= 4 is 5.57 Å². The van der Waals surface area contributed by atoms with Gasteiger partial charge in [-0.25, -0.2) is 4.85 Å². The van der Waals surface area contributed by atoms with Crippen molar-refractivity contribution in [2.75, 3.05) is 0 Å². The maximum absolute atomic E-state index is 7.20. The van der Waals surface area contributed by atoms with Crippen LogP contribution in [0.4, 0.5) is 0 Å². The lowest BCUT2D eigenvalue weighted by Gasteiger charge is -2.09. The van der Waals surface area contributed by atoms with E-state index in [1.807, 2.05) is 67.6 Å². The molecule has 0 aliphatic heterocycles. The van der Waals surface area contributed by atoms with Gasteiger partial charge in [0.15, 0.2) is 5.70 Å². The lowest BCUT2D eigenvalue weighted by atomic mass is 9.96. The van der Waals surface area contributed by atoms with Crippen LogP contribution in [0.15, 0.2) is 66.4 Å². The fraction of sp³-hybridized carbons (Fsp3) is 0.211. The van der Waals surface area contributed by atoms with Crippen molar-refractivity contribution in [3.8, 4) is 0 Å². The van der Waals surface area contributed by atoms with Gasteiger partial charge >= 0.3 is 0 Å². The Balaban J connectivity index is 0.000000612. The monoisotopic (exact) mass is 263 g/mol. The minimum absolute atomic E-state index is 0.724.